The lowest BCUT2D eigenvalue weighted by Crippen LogP contribution is -2.09. The van der Waals surface area contributed by atoms with Crippen LogP contribution >= 0.6 is 11.6 Å². The Morgan fingerprint density at radius 2 is 1.89 bits per heavy atom. The van der Waals surface area contributed by atoms with Gasteiger partial charge >= 0.3 is 0 Å². The molecule has 3 rings (SSSR count). The highest BCUT2D eigenvalue weighted by molar-refractivity contribution is 6.35. The molecule has 1 unspecified atom stereocenters. The number of aromatic nitrogens is 2. The molecule has 0 saturated heterocycles. The van der Waals surface area contributed by atoms with E-state index in [2.05, 4.69) is 36.3 Å². The van der Waals surface area contributed by atoms with Crippen molar-refractivity contribution in [1.29, 1.82) is 0 Å². The first-order chi connectivity index (χ1) is 9.29. The molecule has 1 aromatic heterocycles. The van der Waals surface area contributed by atoms with Crippen LogP contribution in [0.4, 0.5) is 0 Å². The molecule has 1 atom stereocenters. The minimum absolute atomic E-state index is 0.254. The highest BCUT2D eigenvalue weighted by atomic mass is 35.5. The number of hydrogen-bond acceptors (Lipinski definition) is 1. The number of fused-ring (bicyclic) bond motifs is 1. The van der Waals surface area contributed by atoms with Gasteiger partial charge in [0.2, 0.25) is 0 Å². The third kappa shape index (κ3) is 2.24. The molecule has 96 valence electrons. The second-order valence-electron chi connectivity index (χ2n) is 4.62. The predicted octanol–water partition coefficient (Wildman–Crippen LogP) is 4.69. The largest absolute Gasteiger partial charge is 0.264 e. The topological polar surface area (TPSA) is 17.8 Å². The Bertz CT molecular complexity index is 688. The van der Waals surface area contributed by atoms with Gasteiger partial charge in [0.1, 0.15) is 0 Å². The van der Waals surface area contributed by atoms with E-state index in [1.165, 1.54) is 5.56 Å². The van der Waals surface area contributed by atoms with E-state index < -0.39 is 0 Å². The maximum atomic E-state index is 6.21. The Labute approximate surface area is 117 Å². The van der Waals surface area contributed by atoms with E-state index in [0.29, 0.717) is 0 Å². The third-order valence-electron chi connectivity index (χ3n) is 3.40. The molecule has 0 spiro atoms. The fraction of sp³-hybridized carbons (Fsp3) is 0.188. The smallest absolute Gasteiger partial charge is 0.0938 e. The summed E-state index contributed by atoms with van der Waals surface area (Å²) >= 11 is 6.21. The average Bonchev–Trinajstić information content (AvgIpc) is 2.86. The molecule has 0 aliphatic carbocycles. The fourth-order valence-electron chi connectivity index (χ4n) is 2.44. The summed E-state index contributed by atoms with van der Waals surface area (Å²) in [5.41, 5.74) is 2.22. The first-order valence-corrected chi connectivity index (χ1v) is 6.85. The molecule has 3 aromatic rings. The number of nitrogens with zero attached hydrogens (tertiary/aromatic N) is 2. The number of halogens is 1. The summed E-state index contributed by atoms with van der Waals surface area (Å²) in [6, 6.07) is 16.5. The van der Waals surface area contributed by atoms with E-state index in [1.54, 1.807) is 0 Å². The molecule has 1 heterocycles. The van der Waals surface area contributed by atoms with Crippen molar-refractivity contribution < 1.29 is 0 Å². The molecule has 2 aromatic carbocycles. The normalized spacial score (nSPS) is 12.7. The molecule has 0 radical (unpaired) electrons. The van der Waals surface area contributed by atoms with Crippen molar-refractivity contribution in [3.05, 3.63) is 65.3 Å². The van der Waals surface area contributed by atoms with Gasteiger partial charge in [-0.25, -0.2) is 0 Å². The van der Waals surface area contributed by atoms with Crippen LogP contribution < -0.4 is 0 Å². The van der Waals surface area contributed by atoms with Crippen molar-refractivity contribution >= 4 is 22.5 Å². The Kier molecular flexibility index (Phi) is 3.26. The first-order valence-electron chi connectivity index (χ1n) is 6.48. The zero-order valence-corrected chi connectivity index (χ0v) is 11.5. The predicted molar refractivity (Wildman–Crippen MR) is 79.6 cm³/mol. The Morgan fingerprint density at radius 3 is 2.58 bits per heavy atom. The number of benzene rings is 2. The first kappa shape index (κ1) is 12.2. The number of hydrogen-bond donors (Lipinski definition) is 0. The molecule has 0 aliphatic rings. The van der Waals surface area contributed by atoms with Gasteiger partial charge in [-0.3, -0.25) is 4.68 Å². The quantitative estimate of drug-likeness (QED) is 0.675. The lowest BCUT2D eigenvalue weighted by molar-refractivity contribution is 0.513. The Balaban J connectivity index is 2.09. The zero-order chi connectivity index (χ0) is 13.2. The van der Waals surface area contributed by atoms with Gasteiger partial charge in [0.05, 0.1) is 16.6 Å². The van der Waals surface area contributed by atoms with Gasteiger partial charge in [-0.1, -0.05) is 54.9 Å². The monoisotopic (exact) mass is 270 g/mol. The average molecular weight is 271 g/mol. The SMILES string of the molecule is CCC(c1ccccc1)n1cc2c(Cl)cccc2n1. The van der Waals surface area contributed by atoms with Crippen LogP contribution in [0.15, 0.2) is 54.7 Å². The van der Waals surface area contributed by atoms with Crippen LogP contribution in [0.2, 0.25) is 5.02 Å². The van der Waals surface area contributed by atoms with Crippen molar-refractivity contribution in [3.63, 3.8) is 0 Å². The second kappa shape index (κ2) is 5.06. The van der Waals surface area contributed by atoms with E-state index in [1.807, 2.05) is 35.1 Å². The summed E-state index contributed by atoms with van der Waals surface area (Å²) in [5, 5.41) is 6.42. The van der Waals surface area contributed by atoms with Crippen molar-refractivity contribution in [3.8, 4) is 0 Å². The molecule has 3 heteroatoms. The van der Waals surface area contributed by atoms with E-state index in [9.17, 15) is 0 Å². The van der Waals surface area contributed by atoms with Gasteiger partial charge in [0.15, 0.2) is 0 Å². The molecular weight excluding hydrogens is 256 g/mol. The molecule has 0 saturated carbocycles. The third-order valence-corrected chi connectivity index (χ3v) is 3.73. The van der Waals surface area contributed by atoms with Crippen LogP contribution in [0, 0.1) is 0 Å². The van der Waals surface area contributed by atoms with Crippen LogP contribution in [0.1, 0.15) is 24.9 Å². The maximum Gasteiger partial charge on any atom is 0.0938 e. The van der Waals surface area contributed by atoms with Crippen LogP contribution in [-0.4, -0.2) is 9.78 Å². The summed E-state index contributed by atoms with van der Waals surface area (Å²) in [4.78, 5) is 0. The van der Waals surface area contributed by atoms with E-state index in [0.717, 1.165) is 22.3 Å². The van der Waals surface area contributed by atoms with Crippen molar-refractivity contribution in [2.45, 2.75) is 19.4 Å². The summed E-state index contributed by atoms with van der Waals surface area (Å²) < 4.78 is 2.02. The minimum Gasteiger partial charge on any atom is -0.264 e. The summed E-state index contributed by atoms with van der Waals surface area (Å²) in [6.07, 6.45) is 3.04. The maximum absolute atomic E-state index is 6.21. The molecule has 0 fully saturated rings. The van der Waals surface area contributed by atoms with E-state index in [-0.39, 0.29) is 6.04 Å². The highest BCUT2D eigenvalue weighted by Crippen LogP contribution is 2.27. The minimum atomic E-state index is 0.254. The van der Waals surface area contributed by atoms with E-state index in [4.69, 9.17) is 11.6 Å². The van der Waals surface area contributed by atoms with Crippen LogP contribution in [0.25, 0.3) is 10.9 Å². The molecule has 0 aliphatic heterocycles. The summed E-state index contributed by atoms with van der Waals surface area (Å²) in [6.45, 7) is 2.17. The standard InChI is InChI=1S/C16H15ClN2/c1-2-16(12-7-4-3-5-8-12)19-11-13-14(17)9-6-10-15(13)18-19/h3-11,16H,2H2,1H3. The van der Waals surface area contributed by atoms with E-state index >= 15 is 0 Å². The zero-order valence-electron chi connectivity index (χ0n) is 10.8. The number of rotatable bonds is 3. The van der Waals surface area contributed by atoms with Crippen LogP contribution in [-0.2, 0) is 0 Å². The lowest BCUT2D eigenvalue weighted by atomic mass is 10.1. The van der Waals surface area contributed by atoms with Crippen molar-refractivity contribution in [2.24, 2.45) is 0 Å². The molecule has 19 heavy (non-hydrogen) atoms. The van der Waals surface area contributed by atoms with Crippen molar-refractivity contribution in [1.82, 2.24) is 9.78 Å². The van der Waals surface area contributed by atoms with Gasteiger partial charge in [-0.15, -0.1) is 0 Å². The Hall–Kier alpha value is -1.80. The fourth-order valence-corrected chi connectivity index (χ4v) is 2.65. The van der Waals surface area contributed by atoms with Crippen molar-refractivity contribution in [2.75, 3.05) is 0 Å². The molecule has 0 bridgehead atoms. The molecule has 2 nitrogen and oxygen atoms in total. The second-order valence-corrected chi connectivity index (χ2v) is 5.02. The van der Waals surface area contributed by atoms with Gasteiger partial charge in [-0.2, -0.15) is 5.10 Å². The summed E-state index contributed by atoms with van der Waals surface area (Å²) in [7, 11) is 0. The summed E-state index contributed by atoms with van der Waals surface area (Å²) in [5.74, 6) is 0. The van der Waals surface area contributed by atoms with Gasteiger partial charge in [0.25, 0.3) is 0 Å². The van der Waals surface area contributed by atoms with Gasteiger partial charge in [-0.05, 0) is 24.1 Å². The molecule has 0 N–H and O–H groups in total. The van der Waals surface area contributed by atoms with Crippen LogP contribution in [0.3, 0.4) is 0 Å². The molecular formula is C16H15ClN2. The van der Waals surface area contributed by atoms with Gasteiger partial charge < -0.3 is 0 Å². The van der Waals surface area contributed by atoms with Crippen LogP contribution in [0.5, 0.6) is 0 Å². The Morgan fingerprint density at radius 1 is 1.11 bits per heavy atom. The molecule has 0 amide bonds. The lowest BCUT2D eigenvalue weighted by Gasteiger charge is -2.15. The highest BCUT2D eigenvalue weighted by Gasteiger charge is 2.13. The van der Waals surface area contributed by atoms with Gasteiger partial charge in [0, 0.05) is 11.6 Å².